The van der Waals surface area contributed by atoms with Crippen LogP contribution in [0.4, 0.5) is 0 Å². The number of sulfonamides is 1. The van der Waals surface area contributed by atoms with Crippen LogP contribution < -0.4 is 10.5 Å². The summed E-state index contributed by atoms with van der Waals surface area (Å²) in [5, 5.41) is 0. The Morgan fingerprint density at radius 3 is 2.26 bits per heavy atom. The van der Waals surface area contributed by atoms with Crippen molar-refractivity contribution >= 4 is 16.0 Å². The van der Waals surface area contributed by atoms with E-state index in [0.717, 1.165) is 19.6 Å². The first-order valence-corrected chi connectivity index (χ1v) is 10.2. The molecule has 2 N–H and O–H groups in total. The highest BCUT2D eigenvalue weighted by Gasteiger charge is 2.21. The molecule has 8 heteroatoms. The molecule has 0 atom stereocenters. The highest BCUT2D eigenvalue weighted by Crippen LogP contribution is 2.18. The summed E-state index contributed by atoms with van der Waals surface area (Å²) in [5.41, 5.74) is 7.24. The lowest BCUT2D eigenvalue weighted by Crippen LogP contribution is -2.50. The van der Waals surface area contributed by atoms with E-state index in [2.05, 4.69) is 21.4 Å². The molecule has 0 spiro atoms. The molecule has 27 heavy (non-hydrogen) atoms. The van der Waals surface area contributed by atoms with Crippen molar-refractivity contribution in [3.8, 4) is 5.75 Å². The fourth-order valence-electron chi connectivity index (χ4n) is 2.96. The van der Waals surface area contributed by atoms with Crippen molar-refractivity contribution in [2.24, 2.45) is 10.1 Å². The average Bonchev–Trinajstić information content (AvgIpc) is 2.69. The predicted octanol–water partition coefficient (Wildman–Crippen LogP) is 1.52. The smallest absolute Gasteiger partial charge is 0.285 e. The Kier molecular flexibility index (Phi) is 5.98. The standard InChI is InChI=1S/C19H24N4O3S/c1-26-17-7-9-18(10-8-17)27(24,25)21-19(20)23-13-11-22(12-14-23)15-16-5-3-2-4-6-16/h2-10H,11-15H2,1H3,(H2,20,21). The van der Waals surface area contributed by atoms with Crippen LogP contribution in [-0.4, -0.2) is 57.5 Å². The maximum Gasteiger partial charge on any atom is 0.285 e. The van der Waals surface area contributed by atoms with E-state index in [4.69, 9.17) is 10.5 Å². The van der Waals surface area contributed by atoms with Crippen molar-refractivity contribution in [2.45, 2.75) is 11.4 Å². The van der Waals surface area contributed by atoms with Crippen LogP contribution in [0.3, 0.4) is 0 Å². The molecule has 2 aromatic carbocycles. The Balaban J connectivity index is 1.61. The van der Waals surface area contributed by atoms with Gasteiger partial charge in [0.15, 0.2) is 0 Å². The second-order valence-electron chi connectivity index (χ2n) is 6.35. The third-order valence-electron chi connectivity index (χ3n) is 4.52. The van der Waals surface area contributed by atoms with Gasteiger partial charge in [-0.3, -0.25) is 4.90 Å². The summed E-state index contributed by atoms with van der Waals surface area (Å²) in [6.07, 6.45) is 0. The maximum atomic E-state index is 12.4. The summed E-state index contributed by atoms with van der Waals surface area (Å²) in [7, 11) is -2.32. The van der Waals surface area contributed by atoms with Gasteiger partial charge in [0.1, 0.15) is 5.75 Å². The van der Waals surface area contributed by atoms with Crippen LogP contribution in [0.25, 0.3) is 0 Å². The van der Waals surface area contributed by atoms with E-state index in [1.165, 1.54) is 24.8 Å². The Hall–Kier alpha value is -2.58. The number of guanidine groups is 1. The number of piperazine rings is 1. The van der Waals surface area contributed by atoms with Crippen molar-refractivity contribution < 1.29 is 13.2 Å². The quantitative estimate of drug-likeness (QED) is 0.617. The van der Waals surface area contributed by atoms with Crippen LogP contribution in [0.2, 0.25) is 0 Å². The van der Waals surface area contributed by atoms with Gasteiger partial charge in [0.05, 0.1) is 12.0 Å². The molecule has 0 aliphatic carbocycles. The number of hydrogen-bond acceptors (Lipinski definition) is 4. The number of ether oxygens (including phenoxy) is 1. The summed E-state index contributed by atoms with van der Waals surface area (Å²) in [5.74, 6) is 0.616. The number of hydrogen-bond donors (Lipinski definition) is 1. The molecule has 144 valence electrons. The number of nitrogens with zero attached hydrogens (tertiary/aromatic N) is 3. The lowest BCUT2D eigenvalue weighted by atomic mass is 10.2. The molecule has 1 heterocycles. The SMILES string of the molecule is COc1ccc(S(=O)(=O)/N=C(/N)N2CCN(Cc3ccccc3)CC2)cc1. The van der Waals surface area contributed by atoms with Crippen LogP contribution >= 0.6 is 0 Å². The lowest BCUT2D eigenvalue weighted by molar-refractivity contribution is 0.174. The highest BCUT2D eigenvalue weighted by molar-refractivity contribution is 7.90. The summed E-state index contributed by atoms with van der Waals surface area (Å²) in [4.78, 5) is 4.22. The fraction of sp³-hybridized carbons (Fsp3) is 0.316. The highest BCUT2D eigenvalue weighted by atomic mass is 32.2. The van der Waals surface area contributed by atoms with Gasteiger partial charge in [-0.2, -0.15) is 8.42 Å². The summed E-state index contributed by atoms with van der Waals surface area (Å²) < 4.78 is 33.7. The molecule has 0 aromatic heterocycles. The zero-order valence-corrected chi connectivity index (χ0v) is 16.1. The molecule has 0 unspecified atom stereocenters. The first-order chi connectivity index (χ1) is 13.0. The molecule has 1 fully saturated rings. The van der Waals surface area contributed by atoms with Crippen LogP contribution in [0.5, 0.6) is 5.75 Å². The maximum absolute atomic E-state index is 12.4. The minimum absolute atomic E-state index is 0.0326. The topological polar surface area (TPSA) is 88.2 Å². The second kappa shape index (κ2) is 8.41. The molecule has 0 saturated carbocycles. The normalized spacial score (nSPS) is 16.3. The summed E-state index contributed by atoms with van der Waals surface area (Å²) >= 11 is 0. The molecule has 0 bridgehead atoms. The Morgan fingerprint density at radius 2 is 1.67 bits per heavy atom. The van der Waals surface area contributed by atoms with Crippen molar-refractivity contribution in [2.75, 3.05) is 33.3 Å². The first-order valence-electron chi connectivity index (χ1n) is 8.74. The van der Waals surface area contributed by atoms with E-state index >= 15 is 0 Å². The Morgan fingerprint density at radius 1 is 1.04 bits per heavy atom. The largest absolute Gasteiger partial charge is 0.497 e. The molecule has 7 nitrogen and oxygen atoms in total. The number of benzene rings is 2. The number of rotatable bonds is 5. The van der Waals surface area contributed by atoms with E-state index in [1.807, 2.05) is 23.1 Å². The van der Waals surface area contributed by atoms with E-state index < -0.39 is 10.0 Å². The van der Waals surface area contributed by atoms with Gasteiger partial charge in [-0.25, -0.2) is 0 Å². The molecule has 1 aliphatic rings. The van der Waals surface area contributed by atoms with Crippen LogP contribution in [0.15, 0.2) is 63.9 Å². The van der Waals surface area contributed by atoms with E-state index in [1.54, 1.807) is 12.1 Å². The lowest BCUT2D eigenvalue weighted by Gasteiger charge is -2.35. The van der Waals surface area contributed by atoms with Gasteiger partial charge >= 0.3 is 0 Å². The van der Waals surface area contributed by atoms with Crippen molar-refractivity contribution in [1.82, 2.24) is 9.80 Å². The van der Waals surface area contributed by atoms with Crippen molar-refractivity contribution in [3.05, 3.63) is 60.2 Å². The summed E-state index contributed by atoms with van der Waals surface area (Å²) in [6, 6.07) is 16.4. The van der Waals surface area contributed by atoms with E-state index in [-0.39, 0.29) is 10.9 Å². The molecule has 3 rings (SSSR count). The fourth-order valence-corrected chi connectivity index (χ4v) is 3.91. The monoisotopic (exact) mass is 388 g/mol. The van der Waals surface area contributed by atoms with E-state index in [9.17, 15) is 8.42 Å². The van der Waals surface area contributed by atoms with Crippen molar-refractivity contribution in [1.29, 1.82) is 0 Å². The average molecular weight is 388 g/mol. The minimum atomic E-state index is -3.84. The molecule has 1 aliphatic heterocycles. The number of nitrogens with two attached hydrogens (primary N) is 1. The van der Waals surface area contributed by atoms with Crippen LogP contribution in [-0.2, 0) is 16.6 Å². The third-order valence-corrected chi connectivity index (χ3v) is 5.81. The Bertz CT molecular complexity index is 875. The molecule has 0 amide bonds. The molecule has 2 aromatic rings. The predicted molar refractivity (Wildman–Crippen MR) is 105 cm³/mol. The summed E-state index contributed by atoms with van der Waals surface area (Å²) in [6.45, 7) is 3.75. The first kappa shape index (κ1) is 19.2. The second-order valence-corrected chi connectivity index (χ2v) is 7.95. The van der Waals surface area contributed by atoms with Gasteiger partial charge in [0.2, 0.25) is 5.96 Å². The van der Waals surface area contributed by atoms with Crippen LogP contribution in [0.1, 0.15) is 5.56 Å². The zero-order valence-electron chi connectivity index (χ0n) is 15.3. The molecule has 0 radical (unpaired) electrons. The zero-order chi connectivity index (χ0) is 19.3. The van der Waals surface area contributed by atoms with Gasteiger partial charge in [0.25, 0.3) is 10.0 Å². The molecular weight excluding hydrogens is 364 g/mol. The van der Waals surface area contributed by atoms with Crippen molar-refractivity contribution in [3.63, 3.8) is 0 Å². The number of methoxy groups -OCH3 is 1. The van der Waals surface area contributed by atoms with E-state index in [0.29, 0.717) is 18.8 Å². The molecular formula is C19H24N4O3S. The van der Waals surface area contributed by atoms with Gasteiger partial charge in [-0.1, -0.05) is 30.3 Å². The van der Waals surface area contributed by atoms with Gasteiger partial charge in [0, 0.05) is 32.7 Å². The van der Waals surface area contributed by atoms with Crippen LogP contribution in [0, 0.1) is 0 Å². The van der Waals surface area contributed by atoms with Gasteiger partial charge in [-0.15, -0.1) is 4.40 Å². The minimum Gasteiger partial charge on any atom is -0.497 e. The van der Waals surface area contributed by atoms with Gasteiger partial charge in [-0.05, 0) is 29.8 Å². The third kappa shape index (κ3) is 4.99. The molecule has 1 saturated heterocycles. The Labute approximate surface area is 160 Å². The van der Waals surface area contributed by atoms with Gasteiger partial charge < -0.3 is 15.4 Å².